The molecule has 20 heavy (non-hydrogen) atoms. The van der Waals surface area contributed by atoms with Gasteiger partial charge >= 0.3 is 10.8 Å². The van der Waals surface area contributed by atoms with Crippen molar-refractivity contribution in [1.82, 2.24) is 9.29 Å². The van der Waals surface area contributed by atoms with Crippen molar-refractivity contribution in [3.63, 3.8) is 0 Å². The van der Waals surface area contributed by atoms with Gasteiger partial charge in [0.25, 0.3) is 10.0 Å². The standard InChI is InChI=1S/C11H16N2O5S2/c1-7-10(19-11(16)12-7)20(17,18)13(6-9(14)15)8-4-2-3-5-8/h8H,2-6H2,1H3,(H,12,16)(H,14,15). The van der Waals surface area contributed by atoms with Gasteiger partial charge < -0.3 is 10.1 Å². The zero-order valence-corrected chi connectivity index (χ0v) is 12.6. The fourth-order valence-corrected chi connectivity index (χ4v) is 5.53. The van der Waals surface area contributed by atoms with Crippen LogP contribution in [-0.4, -0.2) is 41.4 Å². The van der Waals surface area contributed by atoms with Gasteiger partial charge in [0.1, 0.15) is 6.54 Å². The van der Waals surface area contributed by atoms with E-state index >= 15 is 0 Å². The van der Waals surface area contributed by atoms with E-state index in [9.17, 15) is 18.0 Å². The van der Waals surface area contributed by atoms with Crippen LogP contribution in [-0.2, 0) is 14.8 Å². The average Bonchev–Trinajstić information content (AvgIpc) is 2.95. The molecule has 112 valence electrons. The quantitative estimate of drug-likeness (QED) is 0.833. The van der Waals surface area contributed by atoms with Crippen LogP contribution in [0.5, 0.6) is 0 Å². The summed E-state index contributed by atoms with van der Waals surface area (Å²) < 4.78 is 26.1. The van der Waals surface area contributed by atoms with Gasteiger partial charge in [0, 0.05) is 11.7 Å². The Kier molecular flexibility index (Phi) is 4.31. The molecule has 1 aromatic heterocycles. The third-order valence-electron chi connectivity index (χ3n) is 3.35. The summed E-state index contributed by atoms with van der Waals surface area (Å²) in [5.74, 6) is -1.19. The molecule has 1 aliphatic carbocycles. The highest BCUT2D eigenvalue weighted by Crippen LogP contribution is 2.30. The Morgan fingerprint density at radius 1 is 1.45 bits per heavy atom. The van der Waals surface area contributed by atoms with Gasteiger partial charge in [-0.1, -0.05) is 24.2 Å². The number of carboxylic acid groups (broad SMARTS) is 1. The summed E-state index contributed by atoms with van der Waals surface area (Å²) in [5, 5.41) is 8.96. The van der Waals surface area contributed by atoms with E-state index in [4.69, 9.17) is 5.11 Å². The van der Waals surface area contributed by atoms with Gasteiger partial charge in [-0.05, 0) is 19.8 Å². The van der Waals surface area contributed by atoms with Gasteiger partial charge in [0.2, 0.25) is 0 Å². The molecule has 0 atom stereocenters. The number of nitrogens with zero attached hydrogens (tertiary/aromatic N) is 1. The van der Waals surface area contributed by atoms with E-state index in [2.05, 4.69) is 4.98 Å². The van der Waals surface area contributed by atoms with Crippen molar-refractivity contribution in [2.75, 3.05) is 6.54 Å². The van der Waals surface area contributed by atoms with Crippen molar-refractivity contribution in [2.45, 2.75) is 42.9 Å². The highest BCUT2D eigenvalue weighted by Gasteiger charge is 2.36. The van der Waals surface area contributed by atoms with E-state index in [1.807, 2.05) is 0 Å². The van der Waals surface area contributed by atoms with Crippen LogP contribution in [0.2, 0.25) is 0 Å². The number of thiazole rings is 1. The Hall–Kier alpha value is -1.19. The van der Waals surface area contributed by atoms with Gasteiger partial charge in [0.05, 0.1) is 0 Å². The molecule has 0 radical (unpaired) electrons. The van der Waals surface area contributed by atoms with Crippen molar-refractivity contribution < 1.29 is 18.3 Å². The molecule has 1 aliphatic rings. The van der Waals surface area contributed by atoms with Crippen LogP contribution in [0.1, 0.15) is 31.4 Å². The lowest BCUT2D eigenvalue weighted by atomic mass is 10.2. The molecule has 0 aliphatic heterocycles. The predicted molar refractivity (Wildman–Crippen MR) is 73.5 cm³/mol. The summed E-state index contributed by atoms with van der Waals surface area (Å²) in [6, 6.07) is -0.298. The summed E-state index contributed by atoms with van der Waals surface area (Å²) >= 11 is 0.602. The molecule has 9 heteroatoms. The molecule has 2 rings (SSSR count). The summed E-state index contributed by atoms with van der Waals surface area (Å²) in [7, 11) is -3.95. The van der Waals surface area contributed by atoms with Crippen LogP contribution in [0.25, 0.3) is 0 Å². The van der Waals surface area contributed by atoms with Gasteiger partial charge in [-0.25, -0.2) is 8.42 Å². The van der Waals surface area contributed by atoms with E-state index in [1.165, 1.54) is 6.92 Å². The van der Waals surface area contributed by atoms with Crippen molar-refractivity contribution in [3.8, 4) is 0 Å². The summed E-state index contributed by atoms with van der Waals surface area (Å²) in [6.45, 7) is 0.927. The number of aromatic nitrogens is 1. The van der Waals surface area contributed by atoms with E-state index in [0.29, 0.717) is 24.2 Å². The lowest BCUT2D eigenvalue weighted by Gasteiger charge is -2.25. The van der Waals surface area contributed by atoms with E-state index in [1.54, 1.807) is 0 Å². The first-order valence-corrected chi connectivity index (χ1v) is 8.51. The third kappa shape index (κ3) is 2.94. The molecular weight excluding hydrogens is 304 g/mol. The smallest absolute Gasteiger partial charge is 0.318 e. The number of nitrogens with one attached hydrogen (secondary N) is 1. The van der Waals surface area contributed by atoms with Gasteiger partial charge in [0.15, 0.2) is 4.21 Å². The number of H-pyrrole nitrogens is 1. The molecule has 1 aromatic rings. The van der Waals surface area contributed by atoms with Crippen LogP contribution in [0.3, 0.4) is 0 Å². The second-order valence-corrected chi connectivity index (χ2v) is 7.88. The Morgan fingerprint density at radius 2 is 2.05 bits per heavy atom. The Balaban J connectivity index is 2.43. The highest BCUT2D eigenvalue weighted by atomic mass is 32.2. The van der Waals surface area contributed by atoms with Crippen LogP contribution in [0, 0.1) is 6.92 Å². The minimum absolute atomic E-state index is 0.0874. The van der Waals surface area contributed by atoms with Gasteiger partial charge in [-0.2, -0.15) is 4.31 Å². The molecular formula is C11H16N2O5S2. The minimum Gasteiger partial charge on any atom is -0.480 e. The number of carboxylic acids is 1. The molecule has 2 N–H and O–H groups in total. The molecule has 1 fully saturated rings. The number of sulfonamides is 1. The van der Waals surface area contributed by atoms with Crippen LogP contribution in [0.4, 0.5) is 0 Å². The Labute approximate surface area is 120 Å². The maximum absolute atomic E-state index is 12.6. The Bertz CT molecular complexity index is 655. The molecule has 0 bridgehead atoms. The summed E-state index contributed by atoms with van der Waals surface area (Å²) in [6.07, 6.45) is 3.09. The molecule has 0 unspecified atom stereocenters. The lowest BCUT2D eigenvalue weighted by molar-refractivity contribution is -0.137. The summed E-state index contributed by atoms with van der Waals surface area (Å²) in [5.41, 5.74) is 0.258. The number of hydrogen-bond donors (Lipinski definition) is 2. The summed E-state index contributed by atoms with van der Waals surface area (Å²) in [4.78, 5) is 24.2. The number of aliphatic carboxylic acids is 1. The molecule has 1 saturated carbocycles. The lowest BCUT2D eigenvalue weighted by Crippen LogP contribution is -2.42. The molecule has 1 heterocycles. The number of rotatable bonds is 5. The van der Waals surface area contributed by atoms with Gasteiger partial charge in [-0.15, -0.1) is 0 Å². The van der Waals surface area contributed by atoms with Crippen molar-refractivity contribution >= 4 is 27.3 Å². The molecule has 0 amide bonds. The monoisotopic (exact) mass is 320 g/mol. The molecule has 0 aromatic carbocycles. The van der Waals surface area contributed by atoms with Crippen LogP contribution in [0.15, 0.2) is 9.00 Å². The van der Waals surface area contributed by atoms with E-state index in [-0.39, 0.29) is 15.9 Å². The average molecular weight is 320 g/mol. The van der Waals surface area contributed by atoms with Crippen molar-refractivity contribution in [2.24, 2.45) is 0 Å². The SMILES string of the molecule is Cc1[nH]c(=O)sc1S(=O)(=O)N(CC(=O)O)C1CCCC1. The maximum Gasteiger partial charge on any atom is 0.318 e. The first-order valence-electron chi connectivity index (χ1n) is 6.25. The zero-order valence-electron chi connectivity index (χ0n) is 11.0. The topological polar surface area (TPSA) is 108 Å². The number of hydrogen-bond acceptors (Lipinski definition) is 5. The first-order chi connectivity index (χ1) is 9.32. The first kappa shape index (κ1) is 15.2. The van der Waals surface area contributed by atoms with Gasteiger partial charge in [-0.3, -0.25) is 9.59 Å². The fraction of sp³-hybridized carbons (Fsp3) is 0.636. The highest BCUT2D eigenvalue weighted by molar-refractivity contribution is 7.91. The second kappa shape index (κ2) is 5.66. The van der Waals surface area contributed by atoms with Crippen LogP contribution >= 0.6 is 11.3 Å². The Morgan fingerprint density at radius 3 is 2.50 bits per heavy atom. The maximum atomic E-state index is 12.6. The zero-order chi connectivity index (χ0) is 14.9. The molecule has 7 nitrogen and oxygen atoms in total. The van der Waals surface area contributed by atoms with Crippen LogP contribution < -0.4 is 4.87 Å². The largest absolute Gasteiger partial charge is 0.480 e. The van der Waals surface area contributed by atoms with E-state index < -0.39 is 27.4 Å². The predicted octanol–water partition coefficient (Wildman–Crippen LogP) is 0.763. The molecule has 0 saturated heterocycles. The number of aromatic amines is 1. The van der Waals surface area contributed by atoms with E-state index in [0.717, 1.165) is 17.1 Å². The van der Waals surface area contributed by atoms with Crippen molar-refractivity contribution in [3.05, 3.63) is 15.4 Å². The number of aryl methyl sites for hydroxylation is 1. The number of carbonyl (C=O) groups is 1. The second-order valence-electron chi connectivity index (χ2n) is 4.81. The third-order valence-corrected chi connectivity index (χ3v) is 6.83. The van der Waals surface area contributed by atoms with Crippen molar-refractivity contribution in [1.29, 1.82) is 0 Å². The fourth-order valence-electron chi connectivity index (χ4n) is 2.48. The normalized spacial score (nSPS) is 16.9. The molecule has 0 spiro atoms. The minimum atomic E-state index is -3.95.